The van der Waals surface area contributed by atoms with Gasteiger partial charge in [0.05, 0.1) is 18.5 Å². The van der Waals surface area contributed by atoms with Gasteiger partial charge < -0.3 is 20.1 Å². The lowest BCUT2D eigenvalue weighted by atomic mass is 10.2. The quantitative estimate of drug-likeness (QED) is 0.805. The molecule has 140 valence electrons. The highest BCUT2D eigenvalue weighted by Crippen LogP contribution is 2.29. The molecule has 0 atom stereocenters. The van der Waals surface area contributed by atoms with E-state index in [-0.39, 0.29) is 0 Å². The molecule has 0 bridgehead atoms. The summed E-state index contributed by atoms with van der Waals surface area (Å²) in [6.07, 6.45) is 0. The zero-order chi connectivity index (χ0) is 18.5. The zero-order valence-electron chi connectivity index (χ0n) is 15.9. The van der Waals surface area contributed by atoms with Gasteiger partial charge in [-0.2, -0.15) is 0 Å². The first-order chi connectivity index (χ1) is 12.6. The Morgan fingerprint density at radius 2 is 1.62 bits per heavy atom. The average Bonchev–Trinajstić information content (AvgIpc) is 2.67. The summed E-state index contributed by atoms with van der Waals surface area (Å²) in [4.78, 5) is 4.86. The molecule has 0 unspecified atom stereocenters. The number of benzene rings is 2. The summed E-state index contributed by atoms with van der Waals surface area (Å²) in [5.74, 6) is 1.64. The number of hydrogen-bond donors (Lipinski definition) is 1. The first kappa shape index (κ1) is 18.4. The average molecular weight is 355 g/mol. The van der Waals surface area contributed by atoms with E-state index in [2.05, 4.69) is 29.7 Å². The molecule has 5 nitrogen and oxygen atoms in total. The molecule has 2 N–H and O–H groups in total. The molecule has 0 saturated carbocycles. The largest absolute Gasteiger partial charge is 0.497 e. The van der Waals surface area contributed by atoms with Gasteiger partial charge in [-0.3, -0.25) is 4.90 Å². The van der Waals surface area contributed by atoms with Crippen LogP contribution in [-0.2, 0) is 6.61 Å². The molecule has 0 aliphatic carbocycles. The highest BCUT2D eigenvalue weighted by molar-refractivity contribution is 5.69. The van der Waals surface area contributed by atoms with Crippen LogP contribution < -0.4 is 20.1 Å². The second-order valence-corrected chi connectivity index (χ2v) is 6.97. The van der Waals surface area contributed by atoms with Crippen molar-refractivity contribution in [2.45, 2.75) is 26.5 Å². The molecule has 0 aromatic heterocycles. The van der Waals surface area contributed by atoms with Gasteiger partial charge >= 0.3 is 0 Å². The number of methoxy groups -OCH3 is 1. The first-order valence-electron chi connectivity index (χ1n) is 9.21. The molecule has 1 aliphatic rings. The lowest BCUT2D eigenvalue weighted by Crippen LogP contribution is -2.49. The number of nitrogens with zero attached hydrogens (tertiary/aromatic N) is 2. The number of nitrogens with two attached hydrogens (primary N) is 1. The third-order valence-corrected chi connectivity index (χ3v) is 4.95. The van der Waals surface area contributed by atoms with Crippen LogP contribution in [0.3, 0.4) is 0 Å². The maximum atomic E-state index is 6.30. The van der Waals surface area contributed by atoms with E-state index in [4.69, 9.17) is 15.2 Å². The Morgan fingerprint density at radius 1 is 0.962 bits per heavy atom. The minimum Gasteiger partial charge on any atom is -0.497 e. The number of piperazine rings is 1. The molecule has 26 heavy (non-hydrogen) atoms. The van der Waals surface area contributed by atoms with Crippen molar-refractivity contribution in [2.75, 3.05) is 43.9 Å². The fourth-order valence-electron chi connectivity index (χ4n) is 3.28. The van der Waals surface area contributed by atoms with Crippen LogP contribution in [0.15, 0.2) is 42.5 Å². The molecular weight excluding hydrogens is 326 g/mol. The van der Waals surface area contributed by atoms with E-state index in [0.29, 0.717) is 12.6 Å². The van der Waals surface area contributed by atoms with E-state index in [0.717, 1.165) is 54.6 Å². The van der Waals surface area contributed by atoms with E-state index in [1.54, 1.807) is 7.11 Å². The fourth-order valence-corrected chi connectivity index (χ4v) is 3.28. The third-order valence-electron chi connectivity index (χ3n) is 4.95. The highest BCUT2D eigenvalue weighted by Gasteiger charge is 2.20. The van der Waals surface area contributed by atoms with Crippen LogP contribution in [-0.4, -0.2) is 44.2 Å². The van der Waals surface area contributed by atoms with E-state index < -0.39 is 0 Å². The predicted octanol–water partition coefficient (Wildman–Crippen LogP) is 3.39. The number of nitrogen functional groups attached to an aromatic ring is 1. The molecule has 0 spiro atoms. The topological polar surface area (TPSA) is 51.0 Å². The van der Waals surface area contributed by atoms with E-state index >= 15 is 0 Å². The smallest absolute Gasteiger partial charge is 0.122 e. The van der Waals surface area contributed by atoms with Crippen molar-refractivity contribution < 1.29 is 9.47 Å². The molecule has 5 heteroatoms. The van der Waals surface area contributed by atoms with Crippen molar-refractivity contribution in [3.8, 4) is 11.5 Å². The Labute approximate surface area is 156 Å². The molecule has 0 radical (unpaired) electrons. The third kappa shape index (κ3) is 4.41. The Bertz CT molecular complexity index is 708. The molecule has 1 aliphatic heterocycles. The van der Waals surface area contributed by atoms with Gasteiger partial charge in [-0.25, -0.2) is 0 Å². The van der Waals surface area contributed by atoms with Crippen molar-refractivity contribution in [1.82, 2.24) is 4.90 Å². The summed E-state index contributed by atoms with van der Waals surface area (Å²) in [6.45, 7) is 9.18. The van der Waals surface area contributed by atoms with Crippen molar-refractivity contribution >= 4 is 11.4 Å². The lowest BCUT2D eigenvalue weighted by molar-refractivity contribution is 0.209. The van der Waals surface area contributed by atoms with Crippen LogP contribution in [0.25, 0.3) is 0 Å². The van der Waals surface area contributed by atoms with Gasteiger partial charge in [0.25, 0.3) is 0 Å². The minimum atomic E-state index is 0.510. The van der Waals surface area contributed by atoms with Gasteiger partial charge in [-0.1, -0.05) is 12.1 Å². The molecule has 1 fully saturated rings. The van der Waals surface area contributed by atoms with Gasteiger partial charge in [0.1, 0.15) is 18.1 Å². The van der Waals surface area contributed by atoms with Gasteiger partial charge in [0.15, 0.2) is 0 Å². The summed E-state index contributed by atoms with van der Waals surface area (Å²) in [5, 5.41) is 0. The standard InChI is InChI=1S/C21H29N3O2/c1-16(2)23-10-12-24(13-11-23)21-9-8-19(14-20(21)22)26-15-17-4-6-18(25-3)7-5-17/h4-9,14,16H,10-13,15,22H2,1-3H3. The first-order valence-corrected chi connectivity index (χ1v) is 9.21. The van der Waals surface area contributed by atoms with Gasteiger partial charge in [0.2, 0.25) is 0 Å². The summed E-state index contributed by atoms with van der Waals surface area (Å²) in [5.41, 5.74) is 9.27. The Morgan fingerprint density at radius 3 is 2.19 bits per heavy atom. The van der Waals surface area contributed by atoms with E-state index in [1.807, 2.05) is 36.4 Å². The second kappa shape index (κ2) is 8.32. The van der Waals surface area contributed by atoms with E-state index in [1.165, 1.54) is 0 Å². The van der Waals surface area contributed by atoms with Crippen molar-refractivity contribution in [3.05, 3.63) is 48.0 Å². The molecule has 1 saturated heterocycles. The van der Waals surface area contributed by atoms with Gasteiger partial charge in [-0.15, -0.1) is 0 Å². The lowest BCUT2D eigenvalue weighted by Gasteiger charge is -2.38. The maximum Gasteiger partial charge on any atom is 0.122 e. The molecule has 0 amide bonds. The Kier molecular flexibility index (Phi) is 5.89. The molecule has 2 aromatic rings. The van der Waals surface area contributed by atoms with Gasteiger partial charge in [0, 0.05) is 38.3 Å². The van der Waals surface area contributed by atoms with Crippen LogP contribution in [0.4, 0.5) is 11.4 Å². The number of anilines is 2. The van der Waals surface area contributed by atoms with E-state index in [9.17, 15) is 0 Å². The van der Waals surface area contributed by atoms with Crippen molar-refractivity contribution in [1.29, 1.82) is 0 Å². The van der Waals surface area contributed by atoms with Crippen LogP contribution in [0, 0.1) is 0 Å². The van der Waals surface area contributed by atoms with Crippen LogP contribution in [0.2, 0.25) is 0 Å². The van der Waals surface area contributed by atoms with Crippen LogP contribution >= 0.6 is 0 Å². The number of rotatable bonds is 6. The summed E-state index contributed by atoms with van der Waals surface area (Å²) in [7, 11) is 1.67. The Balaban J connectivity index is 1.58. The second-order valence-electron chi connectivity index (χ2n) is 6.97. The van der Waals surface area contributed by atoms with Crippen molar-refractivity contribution in [2.24, 2.45) is 0 Å². The molecule has 1 heterocycles. The zero-order valence-corrected chi connectivity index (χ0v) is 15.9. The van der Waals surface area contributed by atoms with Crippen LogP contribution in [0.1, 0.15) is 19.4 Å². The summed E-state index contributed by atoms with van der Waals surface area (Å²) >= 11 is 0. The monoisotopic (exact) mass is 355 g/mol. The minimum absolute atomic E-state index is 0.510. The Hall–Kier alpha value is -2.40. The highest BCUT2D eigenvalue weighted by atomic mass is 16.5. The maximum absolute atomic E-state index is 6.30. The van der Waals surface area contributed by atoms with Crippen molar-refractivity contribution in [3.63, 3.8) is 0 Å². The summed E-state index contributed by atoms with van der Waals surface area (Å²) in [6, 6.07) is 14.5. The number of ether oxygens (including phenoxy) is 2. The molecule has 3 rings (SSSR count). The number of hydrogen-bond acceptors (Lipinski definition) is 5. The fraction of sp³-hybridized carbons (Fsp3) is 0.429. The summed E-state index contributed by atoms with van der Waals surface area (Å²) < 4.78 is 11.1. The van der Waals surface area contributed by atoms with Gasteiger partial charge in [-0.05, 0) is 43.7 Å². The molecular formula is C21H29N3O2. The predicted molar refractivity (Wildman–Crippen MR) is 107 cm³/mol. The van der Waals surface area contributed by atoms with Crippen LogP contribution in [0.5, 0.6) is 11.5 Å². The molecule has 2 aromatic carbocycles. The normalized spacial score (nSPS) is 15.3. The SMILES string of the molecule is COc1ccc(COc2ccc(N3CCN(C(C)C)CC3)c(N)c2)cc1.